The van der Waals surface area contributed by atoms with Crippen molar-refractivity contribution in [2.24, 2.45) is 0 Å². The van der Waals surface area contributed by atoms with Crippen molar-refractivity contribution in [3.63, 3.8) is 0 Å². The summed E-state index contributed by atoms with van der Waals surface area (Å²) in [6.45, 7) is 4.19. The molecule has 0 aliphatic carbocycles. The van der Waals surface area contributed by atoms with Crippen LogP contribution in [0.5, 0.6) is 0 Å². The van der Waals surface area contributed by atoms with E-state index in [1.54, 1.807) is 0 Å². The summed E-state index contributed by atoms with van der Waals surface area (Å²) in [5.41, 5.74) is 0. The number of hydrogen-bond acceptors (Lipinski definition) is 4. The molecule has 0 amide bonds. The molecular weight excluding hydrogens is 136 g/mol. The van der Waals surface area contributed by atoms with Crippen molar-refractivity contribution in [1.82, 2.24) is 0 Å². The van der Waals surface area contributed by atoms with E-state index < -0.39 is 5.97 Å². The Morgan fingerprint density at radius 2 is 1.90 bits per heavy atom. The Morgan fingerprint density at radius 3 is 2.30 bits per heavy atom. The van der Waals surface area contributed by atoms with Gasteiger partial charge in [0.15, 0.2) is 0 Å². The van der Waals surface area contributed by atoms with Crippen LogP contribution in [0.25, 0.3) is 0 Å². The van der Waals surface area contributed by atoms with Gasteiger partial charge in [0, 0.05) is 13.5 Å². The van der Waals surface area contributed by atoms with Gasteiger partial charge in [0.25, 0.3) is 5.97 Å². The predicted molar refractivity (Wildman–Crippen MR) is 35.3 cm³/mol. The summed E-state index contributed by atoms with van der Waals surface area (Å²) < 4.78 is 9.40. The van der Waals surface area contributed by atoms with E-state index in [1.807, 2.05) is 6.92 Å². The molecule has 0 aliphatic heterocycles. The summed E-state index contributed by atoms with van der Waals surface area (Å²) in [7, 11) is 0. The molecule has 0 aromatic heterocycles. The zero-order valence-electron chi connectivity index (χ0n) is 6.33. The predicted octanol–water partition coefficient (Wildman–Crippen LogP) is -0.302. The Labute approximate surface area is 60.4 Å². The van der Waals surface area contributed by atoms with Gasteiger partial charge in [0.05, 0.1) is 13.2 Å². The molecule has 62 valence electrons. The van der Waals surface area contributed by atoms with Crippen LogP contribution in [-0.2, 0) is 9.47 Å². The lowest BCUT2D eigenvalue weighted by Crippen LogP contribution is -2.28. The second-order valence-electron chi connectivity index (χ2n) is 1.98. The summed E-state index contributed by atoms with van der Waals surface area (Å²) in [6, 6.07) is 0. The van der Waals surface area contributed by atoms with Gasteiger partial charge in [-0.25, -0.2) is 0 Å². The first kappa shape index (κ1) is 9.84. The average Bonchev–Trinajstić information content (AvgIpc) is 1.78. The van der Waals surface area contributed by atoms with Crippen molar-refractivity contribution < 1.29 is 19.7 Å². The molecule has 0 atom stereocenters. The molecule has 0 heterocycles. The zero-order chi connectivity index (χ0) is 8.04. The highest BCUT2D eigenvalue weighted by atomic mass is 16.8. The Hall–Kier alpha value is -0.160. The van der Waals surface area contributed by atoms with Gasteiger partial charge in [-0.1, -0.05) is 0 Å². The van der Waals surface area contributed by atoms with Gasteiger partial charge in [0.2, 0.25) is 0 Å². The smallest absolute Gasteiger partial charge is 0.274 e. The van der Waals surface area contributed by atoms with Crippen LogP contribution in [0.2, 0.25) is 0 Å². The Morgan fingerprint density at radius 1 is 1.30 bits per heavy atom. The van der Waals surface area contributed by atoms with Crippen LogP contribution >= 0.6 is 0 Å². The number of aliphatic hydroxyl groups is 2. The number of ether oxygens (including phenoxy) is 2. The normalized spacial score (nSPS) is 12.0. The highest BCUT2D eigenvalue weighted by molar-refractivity contribution is 4.36. The molecule has 0 aliphatic rings. The van der Waals surface area contributed by atoms with Crippen LogP contribution in [0.1, 0.15) is 13.8 Å². The fourth-order valence-corrected chi connectivity index (χ4v) is 0.438. The first-order valence-electron chi connectivity index (χ1n) is 3.22. The van der Waals surface area contributed by atoms with Crippen LogP contribution in [0.3, 0.4) is 0 Å². The molecule has 0 spiro atoms. The minimum Gasteiger partial charge on any atom is -0.379 e. The van der Waals surface area contributed by atoms with Gasteiger partial charge in [-0.15, -0.1) is 0 Å². The van der Waals surface area contributed by atoms with E-state index in [-0.39, 0.29) is 6.61 Å². The first-order chi connectivity index (χ1) is 4.56. The van der Waals surface area contributed by atoms with E-state index in [0.29, 0.717) is 13.2 Å². The SMILES string of the molecule is CCOCCOC(C)(O)O. The van der Waals surface area contributed by atoms with Gasteiger partial charge in [-0.3, -0.25) is 0 Å². The van der Waals surface area contributed by atoms with Gasteiger partial charge in [0.1, 0.15) is 0 Å². The molecule has 0 radical (unpaired) electrons. The van der Waals surface area contributed by atoms with Crippen molar-refractivity contribution in [3.05, 3.63) is 0 Å². The molecule has 0 saturated heterocycles. The molecule has 0 bridgehead atoms. The Bertz CT molecular complexity index is 76.3. The van der Waals surface area contributed by atoms with Gasteiger partial charge in [-0.05, 0) is 6.92 Å². The Balaban J connectivity index is 3.04. The van der Waals surface area contributed by atoms with Crippen LogP contribution in [-0.4, -0.2) is 36.0 Å². The van der Waals surface area contributed by atoms with Gasteiger partial charge >= 0.3 is 0 Å². The molecule has 0 saturated carbocycles. The van der Waals surface area contributed by atoms with E-state index in [4.69, 9.17) is 14.9 Å². The van der Waals surface area contributed by atoms with Crippen LogP contribution < -0.4 is 0 Å². The first-order valence-corrected chi connectivity index (χ1v) is 3.22. The second-order valence-corrected chi connectivity index (χ2v) is 1.98. The van der Waals surface area contributed by atoms with Gasteiger partial charge in [-0.2, -0.15) is 0 Å². The minimum absolute atomic E-state index is 0.192. The summed E-state index contributed by atoms with van der Waals surface area (Å²) in [6.07, 6.45) is 0. The summed E-state index contributed by atoms with van der Waals surface area (Å²) in [4.78, 5) is 0. The molecule has 0 aromatic carbocycles. The highest BCUT2D eigenvalue weighted by Gasteiger charge is 2.13. The van der Waals surface area contributed by atoms with E-state index in [0.717, 1.165) is 6.92 Å². The third-order valence-electron chi connectivity index (χ3n) is 0.807. The summed E-state index contributed by atoms with van der Waals surface area (Å²) >= 11 is 0. The topological polar surface area (TPSA) is 58.9 Å². The summed E-state index contributed by atoms with van der Waals surface area (Å²) in [5, 5.41) is 17.2. The molecule has 0 rings (SSSR count). The maximum Gasteiger partial charge on any atom is 0.274 e. The number of rotatable bonds is 5. The third-order valence-corrected chi connectivity index (χ3v) is 0.807. The minimum atomic E-state index is -2.03. The van der Waals surface area contributed by atoms with Crippen molar-refractivity contribution in [2.45, 2.75) is 19.8 Å². The van der Waals surface area contributed by atoms with E-state index in [1.165, 1.54) is 0 Å². The van der Waals surface area contributed by atoms with E-state index >= 15 is 0 Å². The quantitative estimate of drug-likeness (QED) is 0.417. The van der Waals surface area contributed by atoms with Gasteiger partial charge < -0.3 is 19.7 Å². The van der Waals surface area contributed by atoms with Crippen molar-refractivity contribution in [2.75, 3.05) is 19.8 Å². The van der Waals surface area contributed by atoms with Crippen molar-refractivity contribution in [1.29, 1.82) is 0 Å². The second kappa shape index (κ2) is 4.62. The zero-order valence-corrected chi connectivity index (χ0v) is 6.33. The standard InChI is InChI=1S/C6H14O4/c1-3-9-4-5-10-6(2,7)8/h7-8H,3-5H2,1-2H3. The Kier molecular flexibility index (Phi) is 4.55. The molecule has 4 nitrogen and oxygen atoms in total. The van der Waals surface area contributed by atoms with Crippen molar-refractivity contribution in [3.8, 4) is 0 Å². The molecule has 2 N–H and O–H groups in total. The molecule has 0 aromatic rings. The third kappa shape index (κ3) is 7.84. The lowest BCUT2D eigenvalue weighted by molar-refractivity contribution is -0.327. The van der Waals surface area contributed by atoms with Crippen LogP contribution in [0.4, 0.5) is 0 Å². The molecular formula is C6H14O4. The molecule has 0 unspecified atom stereocenters. The van der Waals surface area contributed by atoms with Crippen LogP contribution in [0.15, 0.2) is 0 Å². The fraction of sp³-hybridized carbons (Fsp3) is 1.00. The fourth-order valence-electron chi connectivity index (χ4n) is 0.438. The highest BCUT2D eigenvalue weighted by Crippen LogP contribution is 1.97. The molecule has 10 heavy (non-hydrogen) atoms. The summed E-state index contributed by atoms with van der Waals surface area (Å²) in [5.74, 6) is -2.03. The lowest BCUT2D eigenvalue weighted by Gasteiger charge is -2.15. The maximum atomic E-state index is 8.59. The van der Waals surface area contributed by atoms with Crippen molar-refractivity contribution >= 4 is 0 Å². The lowest BCUT2D eigenvalue weighted by atomic mass is 10.6. The van der Waals surface area contributed by atoms with E-state index in [2.05, 4.69) is 4.74 Å². The largest absolute Gasteiger partial charge is 0.379 e. The molecule has 4 heteroatoms. The van der Waals surface area contributed by atoms with E-state index in [9.17, 15) is 0 Å². The van der Waals surface area contributed by atoms with Crippen LogP contribution in [0, 0.1) is 0 Å². The maximum absolute atomic E-state index is 8.59. The monoisotopic (exact) mass is 150 g/mol. The number of hydrogen-bond donors (Lipinski definition) is 2. The average molecular weight is 150 g/mol. The molecule has 0 fully saturated rings.